The molecule has 20 heavy (non-hydrogen) atoms. The number of nitrogens with one attached hydrogen (secondary N) is 1. The Morgan fingerprint density at radius 3 is 2.45 bits per heavy atom. The molecular weight excluding hydrogens is 258 g/mol. The van der Waals surface area contributed by atoms with Crippen LogP contribution < -0.4 is 15.0 Å². The first-order chi connectivity index (χ1) is 9.60. The SMILES string of the molecule is CNc1nc(OC(C)C(C)C)nc(N2CCOCC2)n1. The molecule has 0 radical (unpaired) electrons. The zero-order chi connectivity index (χ0) is 14.5. The van der Waals surface area contributed by atoms with E-state index in [0.29, 0.717) is 37.0 Å². The second-order valence-electron chi connectivity index (χ2n) is 5.16. The third-order valence-corrected chi connectivity index (χ3v) is 3.35. The van der Waals surface area contributed by atoms with Crippen LogP contribution in [-0.2, 0) is 4.74 Å². The van der Waals surface area contributed by atoms with Crippen molar-refractivity contribution < 1.29 is 9.47 Å². The number of hydrogen-bond acceptors (Lipinski definition) is 7. The van der Waals surface area contributed by atoms with Crippen molar-refractivity contribution in [2.45, 2.75) is 26.9 Å². The van der Waals surface area contributed by atoms with Crippen molar-refractivity contribution in [3.05, 3.63) is 0 Å². The number of anilines is 2. The van der Waals surface area contributed by atoms with Crippen molar-refractivity contribution in [3.8, 4) is 6.01 Å². The molecule has 0 aliphatic carbocycles. The lowest BCUT2D eigenvalue weighted by Gasteiger charge is -2.27. The van der Waals surface area contributed by atoms with Gasteiger partial charge < -0.3 is 19.7 Å². The fourth-order valence-electron chi connectivity index (χ4n) is 1.72. The Bertz CT molecular complexity index is 435. The van der Waals surface area contributed by atoms with Crippen molar-refractivity contribution in [1.29, 1.82) is 0 Å². The van der Waals surface area contributed by atoms with Gasteiger partial charge in [-0.15, -0.1) is 0 Å². The average Bonchev–Trinajstić information content (AvgIpc) is 2.47. The normalized spacial score (nSPS) is 17.1. The summed E-state index contributed by atoms with van der Waals surface area (Å²) in [5.41, 5.74) is 0. The summed E-state index contributed by atoms with van der Waals surface area (Å²) in [4.78, 5) is 15.1. The second kappa shape index (κ2) is 6.69. The Morgan fingerprint density at radius 1 is 1.15 bits per heavy atom. The predicted molar refractivity (Wildman–Crippen MR) is 77.3 cm³/mol. The Morgan fingerprint density at radius 2 is 1.85 bits per heavy atom. The number of morpholine rings is 1. The zero-order valence-corrected chi connectivity index (χ0v) is 12.6. The van der Waals surface area contributed by atoms with Gasteiger partial charge in [-0.1, -0.05) is 13.8 Å². The van der Waals surface area contributed by atoms with Crippen LogP contribution in [0, 0.1) is 5.92 Å². The van der Waals surface area contributed by atoms with Crippen LogP contribution in [0.15, 0.2) is 0 Å². The van der Waals surface area contributed by atoms with Gasteiger partial charge in [0.15, 0.2) is 0 Å². The molecule has 0 saturated carbocycles. The van der Waals surface area contributed by atoms with E-state index in [1.165, 1.54) is 0 Å². The van der Waals surface area contributed by atoms with E-state index < -0.39 is 0 Å². The molecule has 1 aromatic heterocycles. The van der Waals surface area contributed by atoms with Crippen molar-refractivity contribution in [1.82, 2.24) is 15.0 Å². The summed E-state index contributed by atoms with van der Waals surface area (Å²) in [7, 11) is 1.79. The van der Waals surface area contributed by atoms with E-state index in [1.54, 1.807) is 7.05 Å². The van der Waals surface area contributed by atoms with E-state index in [4.69, 9.17) is 9.47 Å². The molecule has 7 heteroatoms. The lowest BCUT2D eigenvalue weighted by Crippen LogP contribution is -2.37. The van der Waals surface area contributed by atoms with Gasteiger partial charge in [-0.25, -0.2) is 0 Å². The molecule has 0 spiro atoms. The second-order valence-corrected chi connectivity index (χ2v) is 5.16. The number of nitrogens with zero attached hydrogens (tertiary/aromatic N) is 4. The standard InChI is InChI=1S/C13H23N5O2/c1-9(2)10(3)20-13-16-11(14-4)15-12(17-13)18-5-7-19-8-6-18/h9-10H,5-8H2,1-4H3,(H,14,15,16,17). The third-order valence-electron chi connectivity index (χ3n) is 3.35. The minimum Gasteiger partial charge on any atom is -0.460 e. The maximum absolute atomic E-state index is 5.79. The summed E-state index contributed by atoms with van der Waals surface area (Å²) < 4.78 is 11.1. The molecule has 2 heterocycles. The molecular formula is C13H23N5O2. The Labute approximate surface area is 119 Å². The highest BCUT2D eigenvalue weighted by Crippen LogP contribution is 2.18. The van der Waals surface area contributed by atoms with E-state index in [-0.39, 0.29) is 6.10 Å². The van der Waals surface area contributed by atoms with E-state index >= 15 is 0 Å². The number of rotatable bonds is 5. The van der Waals surface area contributed by atoms with Gasteiger partial charge in [0.1, 0.15) is 6.10 Å². The van der Waals surface area contributed by atoms with Crippen molar-refractivity contribution in [2.75, 3.05) is 43.6 Å². The van der Waals surface area contributed by atoms with Crippen LogP contribution in [-0.4, -0.2) is 54.4 Å². The molecule has 1 fully saturated rings. The van der Waals surface area contributed by atoms with Crippen LogP contribution in [0.1, 0.15) is 20.8 Å². The monoisotopic (exact) mass is 281 g/mol. The van der Waals surface area contributed by atoms with Gasteiger partial charge in [0.2, 0.25) is 11.9 Å². The molecule has 1 aliphatic rings. The smallest absolute Gasteiger partial charge is 0.323 e. The molecule has 0 bridgehead atoms. The maximum Gasteiger partial charge on any atom is 0.323 e. The summed E-state index contributed by atoms with van der Waals surface area (Å²) in [6.45, 7) is 9.18. The average molecular weight is 281 g/mol. The van der Waals surface area contributed by atoms with Crippen LogP contribution in [0.5, 0.6) is 6.01 Å². The molecule has 0 amide bonds. The summed E-state index contributed by atoms with van der Waals surface area (Å²) in [5, 5.41) is 2.95. The quantitative estimate of drug-likeness (QED) is 0.868. The van der Waals surface area contributed by atoms with Gasteiger partial charge in [-0.05, 0) is 12.8 Å². The van der Waals surface area contributed by atoms with Gasteiger partial charge in [0.25, 0.3) is 0 Å². The van der Waals surface area contributed by atoms with Gasteiger partial charge in [-0.2, -0.15) is 15.0 Å². The molecule has 1 N–H and O–H groups in total. The van der Waals surface area contributed by atoms with E-state index in [1.807, 2.05) is 6.92 Å². The fourth-order valence-corrected chi connectivity index (χ4v) is 1.72. The summed E-state index contributed by atoms with van der Waals surface area (Å²) in [6.07, 6.45) is 0.0552. The molecule has 0 aromatic carbocycles. The minimum absolute atomic E-state index is 0.0552. The summed E-state index contributed by atoms with van der Waals surface area (Å²) >= 11 is 0. The lowest BCUT2D eigenvalue weighted by molar-refractivity contribution is 0.121. The third kappa shape index (κ3) is 3.69. The highest BCUT2D eigenvalue weighted by molar-refractivity contribution is 5.38. The van der Waals surface area contributed by atoms with Crippen molar-refractivity contribution in [3.63, 3.8) is 0 Å². The van der Waals surface area contributed by atoms with Crippen LogP contribution in [0.3, 0.4) is 0 Å². The van der Waals surface area contributed by atoms with Gasteiger partial charge in [0.05, 0.1) is 13.2 Å². The predicted octanol–water partition coefficient (Wildman–Crippen LogP) is 1.17. The van der Waals surface area contributed by atoms with Crippen LogP contribution in [0.2, 0.25) is 0 Å². The lowest BCUT2D eigenvalue weighted by atomic mass is 10.1. The molecule has 1 saturated heterocycles. The summed E-state index contributed by atoms with van der Waals surface area (Å²) in [6, 6.07) is 0.368. The number of aromatic nitrogens is 3. The van der Waals surface area contributed by atoms with Crippen LogP contribution >= 0.6 is 0 Å². The van der Waals surface area contributed by atoms with E-state index in [9.17, 15) is 0 Å². The molecule has 2 rings (SSSR count). The Kier molecular flexibility index (Phi) is 4.94. The summed E-state index contributed by atoms with van der Waals surface area (Å²) in [5.74, 6) is 1.56. The van der Waals surface area contributed by atoms with Crippen molar-refractivity contribution in [2.24, 2.45) is 5.92 Å². The Hall–Kier alpha value is -1.63. The number of hydrogen-bond donors (Lipinski definition) is 1. The molecule has 1 unspecified atom stereocenters. The number of ether oxygens (including phenoxy) is 2. The van der Waals surface area contributed by atoms with Crippen molar-refractivity contribution >= 4 is 11.9 Å². The topological polar surface area (TPSA) is 72.4 Å². The van der Waals surface area contributed by atoms with E-state index in [0.717, 1.165) is 13.1 Å². The Balaban J connectivity index is 2.19. The molecule has 1 aliphatic heterocycles. The zero-order valence-electron chi connectivity index (χ0n) is 12.6. The first-order valence-electron chi connectivity index (χ1n) is 7.03. The maximum atomic E-state index is 5.79. The van der Waals surface area contributed by atoms with Gasteiger partial charge in [0, 0.05) is 20.1 Å². The van der Waals surface area contributed by atoms with Crippen LogP contribution in [0.25, 0.3) is 0 Å². The fraction of sp³-hybridized carbons (Fsp3) is 0.769. The van der Waals surface area contributed by atoms with Crippen LogP contribution in [0.4, 0.5) is 11.9 Å². The first-order valence-corrected chi connectivity index (χ1v) is 7.03. The molecule has 1 atom stereocenters. The molecule has 1 aromatic rings. The molecule has 7 nitrogen and oxygen atoms in total. The highest BCUT2D eigenvalue weighted by atomic mass is 16.5. The van der Waals surface area contributed by atoms with Gasteiger partial charge in [-0.3, -0.25) is 0 Å². The highest BCUT2D eigenvalue weighted by Gasteiger charge is 2.18. The van der Waals surface area contributed by atoms with E-state index in [2.05, 4.69) is 39.0 Å². The first kappa shape index (κ1) is 14.8. The minimum atomic E-state index is 0.0552. The largest absolute Gasteiger partial charge is 0.460 e. The van der Waals surface area contributed by atoms with Gasteiger partial charge >= 0.3 is 6.01 Å². The molecule has 112 valence electrons.